The normalized spacial score (nSPS) is 14.7. The van der Waals surface area contributed by atoms with E-state index in [-0.39, 0.29) is 12.4 Å². The number of esters is 1. The van der Waals surface area contributed by atoms with Gasteiger partial charge in [-0.2, -0.15) is 0 Å². The summed E-state index contributed by atoms with van der Waals surface area (Å²) in [7, 11) is 1.37. The second-order valence-electron chi connectivity index (χ2n) is 7.40. The summed E-state index contributed by atoms with van der Waals surface area (Å²) >= 11 is 0. The van der Waals surface area contributed by atoms with E-state index < -0.39 is 11.7 Å². The van der Waals surface area contributed by atoms with Crippen LogP contribution in [0.5, 0.6) is 0 Å². The number of ether oxygens (including phenoxy) is 2. The number of carbonyl (C=O) groups is 2. The van der Waals surface area contributed by atoms with Gasteiger partial charge in [0.15, 0.2) is 0 Å². The van der Waals surface area contributed by atoms with Gasteiger partial charge in [0.05, 0.1) is 13.5 Å². The number of carbonyl (C=O) groups excluding carboxylic acids is 2. The fraction of sp³-hybridized carbons (Fsp3) is 0.579. The number of nitrogens with one attached hydrogen (secondary N) is 2. The lowest BCUT2D eigenvalue weighted by atomic mass is 10.0. The third-order valence-corrected chi connectivity index (χ3v) is 4.11. The Bertz CT molecular complexity index is 661. The standard InChI is InChI=1S/C19H29N3O4/c1-13-15(21-18(24)26-19(2,3)4)10-14(12-17(23)25-5)11-16(13)22-8-6-20-7-9-22/h10-11,20H,6-9,12H2,1-5H3,(H,21,24). The summed E-state index contributed by atoms with van der Waals surface area (Å²) in [5.74, 6) is -0.316. The highest BCUT2D eigenvalue weighted by Gasteiger charge is 2.20. The van der Waals surface area contributed by atoms with Crippen LogP contribution in [-0.2, 0) is 20.7 Å². The number of hydrogen-bond donors (Lipinski definition) is 2. The first kappa shape index (κ1) is 20.0. The number of nitrogens with zero attached hydrogens (tertiary/aromatic N) is 1. The molecule has 1 saturated heterocycles. The van der Waals surface area contributed by atoms with Crippen LogP contribution in [0, 0.1) is 6.92 Å². The molecule has 2 N–H and O–H groups in total. The van der Waals surface area contributed by atoms with Crippen LogP contribution in [0.2, 0.25) is 0 Å². The molecule has 0 saturated carbocycles. The van der Waals surface area contributed by atoms with E-state index in [1.807, 2.05) is 39.8 Å². The summed E-state index contributed by atoms with van der Waals surface area (Å²) in [6.45, 7) is 11.0. The first-order valence-corrected chi connectivity index (χ1v) is 8.85. The Morgan fingerprint density at radius 2 is 1.88 bits per heavy atom. The number of amides is 1. The summed E-state index contributed by atoms with van der Waals surface area (Å²) in [4.78, 5) is 26.2. The SMILES string of the molecule is COC(=O)Cc1cc(NC(=O)OC(C)(C)C)c(C)c(N2CCNCC2)c1. The fourth-order valence-electron chi connectivity index (χ4n) is 2.88. The Balaban J connectivity index is 2.33. The minimum absolute atomic E-state index is 0.152. The largest absolute Gasteiger partial charge is 0.469 e. The molecular formula is C19H29N3O4. The molecule has 1 aromatic rings. The second kappa shape index (κ2) is 8.40. The van der Waals surface area contributed by atoms with Crippen LogP contribution in [0.15, 0.2) is 12.1 Å². The van der Waals surface area contributed by atoms with Crippen LogP contribution in [0.3, 0.4) is 0 Å². The minimum atomic E-state index is -0.580. The molecule has 2 rings (SSSR count). The van der Waals surface area contributed by atoms with Crippen LogP contribution < -0.4 is 15.5 Å². The zero-order chi connectivity index (χ0) is 19.3. The van der Waals surface area contributed by atoms with Gasteiger partial charge in [-0.25, -0.2) is 4.79 Å². The Kier molecular flexibility index (Phi) is 6.47. The number of piperazine rings is 1. The van der Waals surface area contributed by atoms with Crippen LogP contribution >= 0.6 is 0 Å². The first-order chi connectivity index (χ1) is 12.2. The summed E-state index contributed by atoms with van der Waals surface area (Å²) in [5, 5.41) is 6.15. The van der Waals surface area contributed by atoms with Crippen molar-refractivity contribution in [3.05, 3.63) is 23.3 Å². The lowest BCUT2D eigenvalue weighted by Gasteiger charge is -2.32. The number of rotatable bonds is 4. The zero-order valence-corrected chi connectivity index (χ0v) is 16.3. The van der Waals surface area contributed by atoms with E-state index in [1.165, 1.54) is 7.11 Å². The zero-order valence-electron chi connectivity index (χ0n) is 16.3. The summed E-state index contributed by atoms with van der Waals surface area (Å²) in [5.41, 5.74) is 2.82. The molecular weight excluding hydrogens is 334 g/mol. The van der Waals surface area contributed by atoms with Gasteiger partial charge < -0.3 is 19.7 Å². The van der Waals surface area contributed by atoms with E-state index in [0.717, 1.165) is 43.0 Å². The van der Waals surface area contributed by atoms with Crippen molar-refractivity contribution in [1.82, 2.24) is 5.32 Å². The maximum atomic E-state index is 12.2. The van der Waals surface area contributed by atoms with Gasteiger partial charge in [-0.3, -0.25) is 10.1 Å². The Labute approximate surface area is 155 Å². The van der Waals surface area contributed by atoms with Gasteiger partial charge in [0.2, 0.25) is 0 Å². The number of benzene rings is 1. The molecule has 1 aliphatic rings. The maximum absolute atomic E-state index is 12.2. The summed E-state index contributed by atoms with van der Waals surface area (Å²) < 4.78 is 10.1. The predicted molar refractivity (Wildman–Crippen MR) is 102 cm³/mol. The number of methoxy groups -OCH3 is 1. The van der Waals surface area contributed by atoms with Crippen LogP contribution in [0.25, 0.3) is 0 Å². The highest BCUT2D eigenvalue weighted by Crippen LogP contribution is 2.30. The molecule has 1 aromatic carbocycles. The van der Waals surface area contributed by atoms with Crippen LogP contribution in [-0.4, -0.2) is 51.0 Å². The second-order valence-corrected chi connectivity index (χ2v) is 7.40. The van der Waals surface area contributed by atoms with Gasteiger partial charge in [0.25, 0.3) is 0 Å². The Morgan fingerprint density at radius 3 is 2.46 bits per heavy atom. The van der Waals surface area contributed by atoms with Crippen LogP contribution in [0.1, 0.15) is 31.9 Å². The Hall–Kier alpha value is -2.28. The van der Waals surface area contributed by atoms with Crippen molar-refractivity contribution in [3.8, 4) is 0 Å². The third-order valence-electron chi connectivity index (χ3n) is 4.11. The average molecular weight is 363 g/mol. The molecule has 0 spiro atoms. The topological polar surface area (TPSA) is 79.9 Å². The molecule has 0 aliphatic carbocycles. The van der Waals surface area contributed by atoms with Gasteiger partial charge in [-0.05, 0) is 51.0 Å². The number of anilines is 2. The van der Waals surface area contributed by atoms with Crippen molar-refractivity contribution in [3.63, 3.8) is 0 Å². The first-order valence-electron chi connectivity index (χ1n) is 8.85. The van der Waals surface area contributed by atoms with Crippen molar-refractivity contribution >= 4 is 23.4 Å². The van der Waals surface area contributed by atoms with Crippen molar-refractivity contribution < 1.29 is 19.1 Å². The molecule has 26 heavy (non-hydrogen) atoms. The van der Waals surface area contributed by atoms with Gasteiger partial charge in [-0.15, -0.1) is 0 Å². The average Bonchev–Trinajstić information content (AvgIpc) is 2.56. The van der Waals surface area contributed by atoms with E-state index in [1.54, 1.807) is 0 Å². The van der Waals surface area contributed by atoms with Crippen molar-refractivity contribution in [2.45, 2.75) is 39.7 Å². The molecule has 0 atom stereocenters. The lowest BCUT2D eigenvalue weighted by Crippen LogP contribution is -2.44. The highest BCUT2D eigenvalue weighted by atomic mass is 16.6. The molecule has 144 valence electrons. The minimum Gasteiger partial charge on any atom is -0.469 e. The number of hydrogen-bond acceptors (Lipinski definition) is 6. The van der Waals surface area contributed by atoms with Crippen LogP contribution in [0.4, 0.5) is 16.2 Å². The Morgan fingerprint density at radius 1 is 1.23 bits per heavy atom. The molecule has 0 bridgehead atoms. The molecule has 1 fully saturated rings. The molecule has 0 radical (unpaired) electrons. The van der Waals surface area contributed by atoms with Crippen molar-refractivity contribution in [2.75, 3.05) is 43.5 Å². The smallest absolute Gasteiger partial charge is 0.412 e. The maximum Gasteiger partial charge on any atom is 0.412 e. The van der Waals surface area contributed by atoms with Crippen molar-refractivity contribution in [1.29, 1.82) is 0 Å². The molecule has 1 amide bonds. The summed E-state index contributed by atoms with van der Waals surface area (Å²) in [6.07, 6.45) is -0.360. The van der Waals surface area contributed by atoms with E-state index >= 15 is 0 Å². The fourth-order valence-corrected chi connectivity index (χ4v) is 2.88. The van der Waals surface area contributed by atoms with E-state index in [0.29, 0.717) is 5.69 Å². The van der Waals surface area contributed by atoms with Gasteiger partial charge in [-0.1, -0.05) is 0 Å². The molecule has 7 nitrogen and oxygen atoms in total. The van der Waals surface area contributed by atoms with E-state index in [4.69, 9.17) is 9.47 Å². The summed E-state index contributed by atoms with van der Waals surface area (Å²) in [6, 6.07) is 3.81. The lowest BCUT2D eigenvalue weighted by molar-refractivity contribution is -0.139. The van der Waals surface area contributed by atoms with Gasteiger partial charge in [0, 0.05) is 37.6 Å². The van der Waals surface area contributed by atoms with Crippen molar-refractivity contribution in [2.24, 2.45) is 0 Å². The quantitative estimate of drug-likeness (QED) is 0.800. The molecule has 7 heteroatoms. The van der Waals surface area contributed by atoms with E-state index in [9.17, 15) is 9.59 Å². The third kappa shape index (κ3) is 5.62. The molecule has 1 heterocycles. The van der Waals surface area contributed by atoms with Gasteiger partial charge in [0.1, 0.15) is 5.60 Å². The molecule has 0 unspecified atom stereocenters. The van der Waals surface area contributed by atoms with E-state index in [2.05, 4.69) is 15.5 Å². The monoisotopic (exact) mass is 363 g/mol. The van der Waals surface area contributed by atoms with Gasteiger partial charge >= 0.3 is 12.1 Å². The molecule has 1 aliphatic heterocycles. The predicted octanol–water partition coefficient (Wildman–Crippen LogP) is 2.47. The highest BCUT2D eigenvalue weighted by molar-refractivity contribution is 5.88. The molecule has 0 aromatic heterocycles.